The van der Waals surface area contributed by atoms with Crippen molar-refractivity contribution in [3.63, 3.8) is 0 Å². The zero-order valence-corrected chi connectivity index (χ0v) is 14.2. The molecule has 0 aromatic heterocycles. The Bertz CT molecular complexity index is 632. The molecule has 3 heteroatoms. The summed E-state index contributed by atoms with van der Waals surface area (Å²) in [6.45, 7) is 6.73. The summed E-state index contributed by atoms with van der Waals surface area (Å²) in [4.78, 5) is 12.7. The van der Waals surface area contributed by atoms with Gasteiger partial charge in [-0.3, -0.25) is 4.79 Å². The topological polar surface area (TPSA) is 26.3 Å². The van der Waals surface area contributed by atoms with E-state index >= 15 is 0 Å². The van der Waals surface area contributed by atoms with Crippen molar-refractivity contribution >= 4 is 17.5 Å². The molecule has 0 fully saturated rings. The van der Waals surface area contributed by atoms with Crippen molar-refractivity contribution in [1.82, 2.24) is 0 Å². The predicted octanol–water partition coefficient (Wildman–Crippen LogP) is 5.07. The molecule has 2 aromatic carbocycles. The van der Waals surface area contributed by atoms with Gasteiger partial charge in [-0.15, -0.1) is 11.8 Å². The lowest BCUT2D eigenvalue weighted by Gasteiger charge is -2.10. The predicted molar refractivity (Wildman–Crippen MR) is 93.2 cm³/mol. The summed E-state index contributed by atoms with van der Waals surface area (Å²) in [5, 5.41) is 0. The van der Waals surface area contributed by atoms with E-state index in [1.165, 1.54) is 11.1 Å². The van der Waals surface area contributed by atoms with Crippen LogP contribution in [0.2, 0.25) is 0 Å². The highest BCUT2D eigenvalue weighted by atomic mass is 32.2. The Kier molecular flexibility index (Phi) is 6.08. The summed E-state index contributed by atoms with van der Waals surface area (Å²) in [6, 6.07) is 13.9. The highest BCUT2D eigenvalue weighted by molar-refractivity contribution is 7.99. The lowest BCUT2D eigenvalue weighted by atomic mass is 10.1. The number of hydrogen-bond acceptors (Lipinski definition) is 3. The number of rotatable bonds is 7. The third kappa shape index (κ3) is 4.38. The van der Waals surface area contributed by atoms with Crippen molar-refractivity contribution < 1.29 is 9.53 Å². The average Bonchev–Trinajstić information content (AvgIpc) is 2.55. The number of ketones is 1. The molecular weight excluding hydrogens is 292 g/mol. The molecule has 0 aliphatic heterocycles. The molecule has 0 spiro atoms. The number of hydrogen-bond donors (Lipinski definition) is 0. The molecule has 0 heterocycles. The molecular formula is C19H22O2S. The van der Waals surface area contributed by atoms with Crippen LogP contribution >= 0.6 is 11.8 Å². The van der Waals surface area contributed by atoms with Crippen molar-refractivity contribution in [1.29, 1.82) is 0 Å². The molecule has 0 unspecified atom stereocenters. The Morgan fingerprint density at radius 1 is 1.09 bits per heavy atom. The number of thioether (sulfide) groups is 1. The molecule has 0 N–H and O–H groups in total. The molecule has 2 aromatic rings. The van der Waals surface area contributed by atoms with Gasteiger partial charge >= 0.3 is 0 Å². The van der Waals surface area contributed by atoms with Crippen LogP contribution in [0.5, 0.6) is 5.75 Å². The molecule has 0 bridgehead atoms. The van der Waals surface area contributed by atoms with Crippen molar-refractivity contribution in [2.45, 2.75) is 32.1 Å². The van der Waals surface area contributed by atoms with Gasteiger partial charge in [0.2, 0.25) is 0 Å². The van der Waals surface area contributed by atoms with Crippen LogP contribution in [-0.4, -0.2) is 18.1 Å². The van der Waals surface area contributed by atoms with Gasteiger partial charge < -0.3 is 4.74 Å². The minimum atomic E-state index is 0.190. The maximum Gasteiger partial charge on any atom is 0.162 e. The number of benzene rings is 2. The third-order valence-corrected chi connectivity index (χ3v) is 4.64. The van der Waals surface area contributed by atoms with Crippen LogP contribution < -0.4 is 4.74 Å². The van der Waals surface area contributed by atoms with Crippen molar-refractivity contribution in [2.24, 2.45) is 0 Å². The second-order valence-electron chi connectivity index (χ2n) is 5.20. The summed E-state index contributed by atoms with van der Waals surface area (Å²) in [5.41, 5.74) is 3.25. The summed E-state index contributed by atoms with van der Waals surface area (Å²) < 4.78 is 5.84. The monoisotopic (exact) mass is 314 g/mol. The smallest absolute Gasteiger partial charge is 0.162 e. The SMILES string of the molecule is CCC(=O)c1ccc(SCCOc2cccc(C)c2C)cc1. The van der Waals surface area contributed by atoms with Crippen molar-refractivity contribution in [3.05, 3.63) is 59.2 Å². The molecule has 116 valence electrons. The lowest BCUT2D eigenvalue weighted by Crippen LogP contribution is -2.02. The Morgan fingerprint density at radius 2 is 1.82 bits per heavy atom. The van der Waals surface area contributed by atoms with Crippen LogP contribution in [0.1, 0.15) is 34.8 Å². The molecule has 2 nitrogen and oxygen atoms in total. The van der Waals surface area contributed by atoms with Gasteiger partial charge in [-0.25, -0.2) is 0 Å². The molecule has 0 saturated heterocycles. The first-order chi connectivity index (χ1) is 10.6. The maximum absolute atomic E-state index is 11.6. The summed E-state index contributed by atoms with van der Waals surface area (Å²) in [6.07, 6.45) is 0.552. The number of ether oxygens (including phenoxy) is 1. The van der Waals surface area contributed by atoms with Gasteiger partial charge in [-0.05, 0) is 43.2 Å². The summed E-state index contributed by atoms with van der Waals surface area (Å²) in [7, 11) is 0. The van der Waals surface area contributed by atoms with Gasteiger partial charge in [0.1, 0.15) is 5.75 Å². The Morgan fingerprint density at radius 3 is 2.50 bits per heavy atom. The standard InChI is InChI=1S/C19H22O2S/c1-4-18(20)16-8-10-17(11-9-16)22-13-12-21-19-7-5-6-14(2)15(19)3/h5-11H,4,12-13H2,1-3H3. The fourth-order valence-corrected chi connectivity index (χ4v) is 2.86. The minimum Gasteiger partial charge on any atom is -0.492 e. The van der Waals surface area contributed by atoms with E-state index in [-0.39, 0.29) is 5.78 Å². The molecule has 0 aliphatic rings. The van der Waals surface area contributed by atoms with E-state index in [0.717, 1.165) is 22.0 Å². The van der Waals surface area contributed by atoms with Gasteiger partial charge in [-0.1, -0.05) is 31.2 Å². The van der Waals surface area contributed by atoms with E-state index in [0.29, 0.717) is 13.0 Å². The first-order valence-corrected chi connectivity index (χ1v) is 8.55. The van der Waals surface area contributed by atoms with Gasteiger partial charge in [0.15, 0.2) is 5.78 Å². The molecule has 0 aliphatic carbocycles. The van der Waals surface area contributed by atoms with Crippen molar-refractivity contribution in [3.8, 4) is 5.75 Å². The van der Waals surface area contributed by atoms with E-state index in [1.807, 2.05) is 43.3 Å². The molecule has 0 atom stereocenters. The fourth-order valence-electron chi connectivity index (χ4n) is 2.13. The fraction of sp³-hybridized carbons (Fsp3) is 0.316. The van der Waals surface area contributed by atoms with E-state index in [2.05, 4.69) is 19.9 Å². The van der Waals surface area contributed by atoms with E-state index < -0.39 is 0 Å². The molecule has 0 saturated carbocycles. The normalized spacial score (nSPS) is 10.5. The van der Waals surface area contributed by atoms with Crippen LogP contribution in [0.4, 0.5) is 0 Å². The third-order valence-electron chi connectivity index (χ3n) is 3.66. The zero-order valence-electron chi connectivity index (χ0n) is 13.4. The molecule has 2 rings (SSSR count). The molecule has 22 heavy (non-hydrogen) atoms. The van der Waals surface area contributed by atoms with E-state index in [9.17, 15) is 4.79 Å². The molecule has 0 amide bonds. The van der Waals surface area contributed by atoms with Crippen LogP contribution in [0.3, 0.4) is 0 Å². The van der Waals surface area contributed by atoms with Crippen LogP contribution in [-0.2, 0) is 0 Å². The van der Waals surface area contributed by atoms with Crippen LogP contribution in [0.15, 0.2) is 47.4 Å². The highest BCUT2D eigenvalue weighted by Gasteiger charge is 2.04. The van der Waals surface area contributed by atoms with E-state index in [4.69, 9.17) is 4.74 Å². The van der Waals surface area contributed by atoms with Crippen LogP contribution in [0, 0.1) is 13.8 Å². The van der Waals surface area contributed by atoms with Gasteiger partial charge in [0.25, 0.3) is 0 Å². The van der Waals surface area contributed by atoms with Crippen molar-refractivity contribution in [2.75, 3.05) is 12.4 Å². The number of Topliss-reactive ketones (excluding diaryl/α,β-unsaturated/α-hetero) is 1. The second-order valence-corrected chi connectivity index (χ2v) is 6.36. The second kappa shape index (κ2) is 8.04. The van der Waals surface area contributed by atoms with Gasteiger partial charge in [-0.2, -0.15) is 0 Å². The Hall–Kier alpha value is -1.74. The summed E-state index contributed by atoms with van der Waals surface area (Å²) in [5.74, 6) is 2.04. The lowest BCUT2D eigenvalue weighted by molar-refractivity contribution is 0.0988. The van der Waals surface area contributed by atoms with Gasteiger partial charge in [0.05, 0.1) is 6.61 Å². The largest absolute Gasteiger partial charge is 0.492 e. The van der Waals surface area contributed by atoms with Crippen LogP contribution in [0.25, 0.3) is 0 Å². The van der Waals surface area contributed by atoms with Gasteiger partial charge in [0, 0.05) is 22.6 Å². The minimum absolute atomic E-state index is 0.190. The summed E-state index contributed by atoms with van der Waals surface area (Å²) >= 11 is 1.74. The maximum atomic E-state index is 11.6. The number of carbonyl (C=O) groups excluding carboxylic acids is 1. The Balaban J connectivity index is 1.81. The highest BCUT2D eigenvalue weighted by Crippen LogP contribution is 2.22. The van der Waals surface area contributed by atoms with E-state index in [1.54, 1.807) is 11.8 Å². The Labute approximate surface area is 136 Å². The average molecular weight is 314 g/mol. The first-order valence-electron chi connectivity index (χ1n) is 7.57. The first kappa shape index (κ1) is 16.6. The zero-order chi connectivity index (χ0) is 15.9. The quantitative estimate of drug-likeness (QED) is 0.405. The molecule has 0 radical (unpaired) electrons. The number of aryl methyl sites for hydroxylation is 1. The number of carbonyl (C=O) groups is 1.